The van der Waals surface area contributed by atoms with Gasteiger partial charge < -0.3 is 9.47 Å². The fraction of sp³-hybridized carbons (Fsp3) is 0.250. The van der Waals surface area contributed by atoms with Crippen molar-refractivity contribution in [3.8, 4) is 22.5 Å². The van der Waals surface area contributed by atoms with E-state index in [1.807, 2.05) is 29.9 Å². The van der Waals surface area contributed by atoms with Gasteiger partial charge in [-0.2, -0.15) is 5.10 Å². The van der Waals surface area contributed by atoms with E-state index in [1.165, 1.54) is 0 Å². The van der Waals surface area contributed by atoms with Crippen LogP contribution in [0.2, 0.25) is 0 Å². The second-order valence-electron chi connectivity index (χ2n) is 7.31. The lowest BCUT2D eigenvalue weighted by atomic mass is 10.0. The highest BCUT2D eigenvalue weighted by Crippen LogP contribution is 2.34. The number of hydrogen-bond acceptors (Lipinski definition) is 5. The average molecular weight is 390 g/mol. The van der Waals surface area contributed by atoms with Crippen molar-refractivity contribution in [3.63, 3.8) is 0 Å². The summed E-state index contributed by atoms with van der Waals surface area (Å²) in [7, 11) is 1.92. The molecule has 1 atom stereocenters. The minimum Gasteiger partial charge on any atom is -0.333 e. The van der Waals surface area contributed by atoms with Crippen molar-refractivity contribution in [1.29, 1.82) is 0 Å². The van der Waals surface area contributed by atoms with Crippen molar-refractivity contribution >= 4 is 17.7 Å². The number of aryl methyl sites for hydroxylation is 1. The molecular formula is C20H18N6O3. The SMILES string of the molecule is Cn1cnc(-c2ccc3c(c2)CN([C@H]2CCC(=O)NC2=O)C3=O)c1-c1cn[nH]c1. The first-order valence-corrected chi connectivity index (χ1v) is 9.31. The molecule has 0 spiro atoms. The van der Waals surface area contributed by atoms with Crippen molar-refractivity contribution in [1.82, 2.24) is 30.0 Å². The van der Waals surface area contributed by atoms with Gasteiger partial charge in [0.25, 0.3) is 5.91 Å². The Bertz CT molecular complexity index is 1150. The van der Waals surface area contributed by atoms with Gasteiger partial charge in [-0.15, -0.1) is 0 Å². The van der Waals surface area contributed by atoms with Gasteiger partial charge >= 0.3 is 0 Å². The molecule has 0 saturated carbocycles. The number of nitrogens with one attached hydrogen (secondary N) is 2. The average Bonchev–Trinajstić information content (AvgIpc) is 3.41. The van der Waals surface area contributed by atoms with Crippen molar-refractivity contribution in [2.24, 2.45) is 7.05 Å². The molecule has 0 radical (unpaired) electrons. The molecule has 2 aromatic heterocycles. The summed E-state index contributed by atoms with van der Waals surface area (Å²) in [6.45, 7) is 0.335. The van der Waals surface area contributed by atoms with Crippen molar-refractivity contribution < 1.29 is 14.4 Å². The molecule has 0 bridgehead atoms. The maximum Gasteiger partial charge on any atom is 0.255 e. The number of piperidine rings is 1. The van der Waals surface area contributed by atoms with Crippen molar-refractivity contribution in [2.75, 3.05) is 0 Å². The van der Waals surface area contributed by atoms with Gasteiger partial charge in [0.1, 0.15) is 6.04 Å². The first-order chi connectivity index (χ1) is 14.0. The molecule has 9 nitrogen and oxygen atoms in total. The quantitative estimate of drug-likeness (QED) is 0.654. The van der Waals surface area contributed by atoms with Crippen LogP contribution in [0.4, 0.5) is 0 Å². The van der Waals surface area contributed by atoms with Gasteiger partial charge in [0.05, 0.1) is 23.9 Å². The van der Waals surface area contributed by atoms with Crippen LogP contribution in [0.15, 0.2) is 36.9 Å². The predicted octanol–water partition coefficient (Wildman–Crippen LogP) is 1.24. The number of nitrogens with zero attached hydrogens (tertiary/aromatic N) is 4. The molecule has 146 valence electrons. The highest BCUT2D eigenvalue weighted by molar-refractivity contribution is 6.05. The molecule has 29 heavy (non-hydrogen) atoms. The van der Waals surface area contributed by atoms with Gasteiger partial charge in [-0.05, 0) is 24.1 Å². The van der Waals surface area contributed by atoms with Gasteiger partial charge in [0.15, 0.2) is 0 Å². The van der Waals surface area contributed by atoms with Gasteiger partial charge in [0, 0.05) is 42.9 Å². The maximum atomic E-state index is 12.9. The van der Waals surface area contributed by atoms with Crippen molar-refractivity contribution in [3.05, 3.63) is 48.0 Å². The molecule has 0 aliphatic carbocycles. The number of aromatic nitrogens is 4. The third-order valence-corrected chi connectivity index (χ3v) is 5.51. The predicted molar refractivity (Wildman–Crippen MR) is 102 cm³/mol. The van der Waals surface area contributed by atoms with Gasteiger partial charge in [-0.25, -0.2) is 4.98 Å². The molecule has 3 aromatic rings. The Morgan fingerprint density at radius 1 is 1.17 bits per heavy atom. The number of benzene rings is 1. The molecule has 2 N–H and O–H groups in total. The van der Waals surface area contributed by atoms with Crippen molar-refractivity contribution in [2.45, 2.75) is 25.4 Å². The van der Waals surface area contributed by atoms with E-state index in [2.05, 4.69) is 20.5 Å². The molecule has 2 aliphatic rings. The molecule has 1 aromatic carbocycles. The maximum absolute atomic E-state index is 12.9. The molecule has 0 unspecified atom stereocenters. The van der Waals surface area contributed by atoms with Crippen LogP contribution in [0, 0.1) is 0 Å². The van der Waals surface area contributed by atoms with Gasteiger partial charge in [-0.1, -0.05) is 6.07 Å². The number of carbonyl (C=O) groups excluding carboxylic acids is 3. The summed E-state index contributed by atoms with van der Waals surface area (Å²) in [5.74, 6) is -0.883. The fourth-order valence-electron chi connectivity index (χ4n) is 4.08. The largest absolute Gasteiger partial charge is 0.333 e. The van der Waals surface area contributed by atoms with E-state index in [1.54, 1.807) is 23.5 Å². The first kappa shape index (κ1) is 17.4. The third-order valence-electron chi connectivity index (χ3n) is 5.51. The number of rotatable bonds is 3. The zero-order valence-corrected chi connectivity index (χ0v) is 15.7. The lowest BCUT2D eigenvalue weighted by Gasteiger charge is -2.29. The van der Waals surface area contributed by atoms with E-state index in [9.17, 15) is 14.4 Å². The van der Waals surface area contributed by atoms with Gasteiger partial charge in [-0.3, -0.25) is 24.8 Å². The summed E-state index contributed by atoms with van der Waals surface area (Å²) in [4.78, 5) is 42.6. The summed E-state index contributed by atoms with van der Waals surface area (Å²) < 4.78 is 1.92. The summed E-state index contributed by atoms with van der Waals surface area (Å²) in [5.41, 5.74) is 4.95. The zero-order valence-electron chi connectivity index (χ0n) is 15.7. The van der Waals surface area contributed by atoms with Crippen LogP contribution >= 0.6 is 0 Å². The van der Waals surface area contributed by atoms with Crippen LogP contribution < -0.4 is 5.32 Å². The highest BCUT2D eigenvalue weighted by atomic mass is 16.2. The van der Waals surface area contributed by atoms with Crippen LogP contribution in [0.5, 0.6) is 0 Å². The topological polar surface area (TPSA) is 113 Å². The van der Waals surface area contributed by atoms with E-state index in [-0.39, 0.29) is 18.2 Å². The third kappa shape index (κ3) is 2.74. The van der Waals surface area contributed by atoms with E-state index >= 15 is 0 Å². The van der Waals surface area contributed by atoms with E-state index < -0.39 is 11.9 Å². The molecule has 1 fully saturated rings. The summed E-state index contributed by atoms with van der Waals surface area (Å²) in [6.07, 6.45) is 5.88. The summed E-state index contributed by atoms with van der Waals surface area (Å²) >= 11 is 0. The Hall–Kier alpha value is -3.75. The van der Waals surface area contributed by atoms with Crippen LogP contribution in [-0.4, -0.2) is 48.4 Å². The minimum atomic E-state index is -0.618. The number of imide groups is 1. The summed E-state index contributed by atoms with van der Waals surface area (Å²) in [6, 6.07) is 4.99. The molecule has 9 heteroatoms. The fourth-order valence-corrected chi connectivity index (χ4v) is 4.08. The molecule has 1 saturated heterocycles. The van der Waals surface area contributed by atoms with Crippen LogP contribution in [0.25, 0.3) is 22.5 Å². The highest BCUT2D eigenvalue weighted by Gasteiger charge is 2.39. The molecule has 3 amide bonds. The number of aromatic amines is 1. The zero-order chi connectivity index (χ0) is 20.1. The number of amides is 3. The lowest BCUT2D eigenvalue weighted by Crippen LogP contribution is -2.52. The first-order valence-electron chi connectivity index (χ1n) is 9.31. The number of carbonyl (C=O) groups is 3. The van der Waals surface area contributed by atoms with E-state index in [0.717, 1.165) is 28.1 Å². The van der Waals surface area contributed by atoms with Crippen LogP contribution in [0.3, 0.4) is 0 Å². The van der Waals surface area contributed by atoms with E-state index in [4.69, 9.17) is 0 Å². The Morgan fingerprint density at radius 2 is 2.03 bits per heavy atom. The second-order valence-corrected chi connectivity index (χ2v) is 7.31. The normalized spacial score (nSPS) is 18.9. The lowest BCUT2D eigenvalue weighted by molar-refractivity contribution is -0.136. The smallest absolute Gasteiger partial charge is 0.255 e. The number of fused-ring (bicyclic) bond motifs is 1. The Morgan fingerprint density at radius 3 is 2.79 bits per heavy atom. The number of H-pyrrole nitrogens is 1. The van der Waals surface area contributed by atoms with Gasteiger partial charge in [0.2, 0.25) is 11.8 Å². The number of imidazole rings is 1. The molecular weight excluding hydrogens is 372 g/mol. The Kier molecular flexibility index (Phi) is 3.83. The molecule has 5 rings (SSSR count). The standard InChI is InChI=1S/C20H18N6O3/c1-25-10-21-17(18(25)13-7-22-23-8-13)11-2-3-14-12(6-11)9-26(20(14)29)15-4-5-16(27)24-19(15)28/h2-3,6-8,10,15H,4-5,9H2,1H3,(H,22,23)(H,24,27,28)/t15-/m0/s1. The summed E-state index contributed by atoms with van der Waals surface area (Å²) in [5, 5.41) is 9.16. The van der Waals surface area contributed by atoms with E-state index in [0.29, 0.717) is 18.5 Å². The molecule has 2 aliphatic heterocycles. The molecule has 4 heterocycles. The number of hydrogen-bond donors (Lipinski definition) is 2. The van der Waals surface area contributed by atoms with Crippen LogP contribution in [0.1, 0.15) is 28.8 Å². The monoisotopic (exact) mass is 390 g/mol. The minimum absolute atomic E-state index is 0.183. The Balaban J connectivity index is 1.49. The second kappa shape index (κ2) is 6.40. The Labute approximate surface area is 165 Å². The van der Waals surface area contributed by atoms with Crippen LogP contribution in [-0.2, 0) is 23.2 Å².